The Bertz CT molecular complexity index is 754. The van der Waals surface area contributed by atoms with Gasteiger partial charge < -0.3 is 15.2 Å². The molecule has 11 heteroatoms. The largest absolute Gasteiger partial charge is 0.451 e. The summed E-state index contributed by atoms with van der Waals surface area (Å²) in [5.41, 5.74) is 2.55. The molecular formula is C14H13F4N3O4. The van der Waals surface area contributed by atoms with Crippen LogP contribution in [0.4, 0.5) is 23.2 Å². The Kier molecular flexibility index (Phi) is 3.86. The van der Waals surface area contributed by atoms with Gasteiger partial charge in [0.25, 0.3) is 11.7 Å². The van der Waals surface area contributed by atoms with Crippen molar-refractivity contribution < 1.29 is 32.0 Å². The van der Waals surface area contributed by atoms with Gasteiger partial charge in [-0.25, -0.2) is 9.38 Å². The van der Waals surface area contributed by atoms with E-state index in [9.17, 15) is 27.7 Å². The Hall–Kier alpha value is -2.43. The van der Waals surface area contributed by atoms with Gasteiger partial charge in [0.1, 0.15) is 5.82 Å². The van der Waals surface area contributed by atoms with E-state index in [1.165, 1.54) is 6.92 Å². The summed E-state index contributed by atoms with van der Waals surface area (Å²) in [6, 6.07) is -0.503. The topological polar surface area (TPSA) is 100.0 Å². The third kappa shape index (κ3) is 2.68. The summed E-state index contributed by atoms with van der Waals surface area (Å²) in [6.07, 6.45) is -5.76. The number of nitrogens with zero attached hydrogens (tertiary/aromatic N) is 2. The SMILES string of the molecule is C[C@H]1OC[C@]2(c3cc([N+](=O)[O-])ccc3F)OC(N)=N[C@H](C(F)(F)F)[C@@H]12. The zero-order valence-electron chi connectivity index (χ0n) is 12.8. The Morgan fingerprint density at radius 2 is 2.12 bits per heavy atom. The van der Waals surface area contributed by atoms with Crippen LogP contribution in [0.2, 0.25) is 0 Å². The Balaban J connectivity index is 2.21. The average Bonchev–Trinajstić information content (AvgIpc) is 2.83. The molecule has 1 aromatic rings. The van der Waals surface area contributed by atoms with E-state index in [1.807, 2.05) is 0 Å². The first kappa shape index (κ1) is 17.4. The predicted octanol–water partition coefficient (Wildman–Crippen LogP) is 2.24. The molecule has 0 saturated carbocycles. The second-order valence-corrected chi connectivity index (χ2v) is 5.91. The molecular weight excluding hydrogens is 350 g/mol. The number of alkyl halides is 3. The van der Waals surface area contributed by atoms with E-state index in [1.54, 1.807) is 0 Å². The number of halogens is 4. The molecule has 0 unspecified atom stereocenters. The summed E-state index contributed by atoms with van der Waals surface area (Å²) in [7, 11) is 0. The molecule has 7 nitrogen and oxygen atoms in total. The molecule has 2 aliphatic heterocycles. The molecule has 3 rings (SSSR count). The highest BCUT2D eigenvalue weighted by Crippen LogP contribution is 2.51. The number of ether oxygens (including phenoxy) is 2. The number of non-ortho nitro benzene ring substituents is 1. The second kappa shape index (κ2) is 5.55. The molecule has 2 heterocycles. The molecule has 136 valence electrons. The van der Waals surface area contributed by atoms with Crippen molar-refractivity contribution in [2.75, 3.05) is 6.61 Å². The van der Waals surface area contributed by atoms with Gasteiger partial charge in [0.15, 0.2) is 11.6 Å². The maximum Gasteiger partial charge on any atom is 0.411 e. The van der Waals surface area contributed by atoms with E-state index in [4.69, 9.17) is 15.2 Å². The fourth-order valence-corrected chi connectivity index (χ4v) is 3.41. The Morgan fingerprint density at radius 3 is 2.72 bits per heavy atom. The van der Waals surface area contributed by atoms with Gasteiger partial charge in [-0.15, -0.1) is 0 Å². The van der Waals surface area contributed by atoms with Crippen LogP contribution in [-0.2, 0) is 15.1 Å². The third-order valence-electron chi connectivity index (χ3n) is 4.45. The molecule has 2 aliphatic rings. The van der Waals surface area contributed by atoms with Gasteiger partial charge >= 0.3 is 6.18 Å². The van der Waals surface area contributed by atoms with E-state index in [2.05, 4.69) is 4.99 Å². The van der Waals surface area contributed by atoms with Crippen molar-refractivity contribution in [1.29, 1.82) is 0 Å². The van der Waals surface area contributed by atoms with Crippen LogP contribution < -0.4 is 5.73 Å². The molecule has 2 N–H and O–H groups in total. The molecule has 25 heavy (non-hydrogen) atoms. The number of fused-ring (bicyclic) bond motifs is 1. The van der Waals surface area contributed by atoms with Gasteiger partial charge in [-0.05, 0) is 13.0 Å². The van der Waals surface area contributed by atoms with E-state index < -0.39 is 64.5 Å². The van der Waals surface area contributed by atoms with Crippen LogP contribution in [0.3, 0.4) is 0 Å². The summed E-state index contributed by atoms with van der Waals surface area (Å²) < 4.78 is 65.4. The van der Waals surface area contributed by atoms with Crippen molar-refractivity contribution in [3.05, 3.63) is 39.7 Å². The average molecular weight is 363 g/mol. The van der Waals surface area contributed by atoms with E-state index in [0.29, 0.717) is 0 Å². The van der Waals surface area contributed by atoms with Crippen LogP contribution >= 0.6 is 0 Å². The highest BCUT2D eigenvalue weighted by Gasteiger charge is 2.64. The lowest BCUT2D eigenvalue weighted by Gasteiger charge is -2.41. The number of nitro groups is 1. The van der Waals surface area contributed by atoms with Crippen molar-refractivity contribution >= 4 is 11.7 Å². The van der Waals surface area contributed by atoms with Gasteiger partial charge in [0, 0.05) is 17.7 Å². The van der Waals surface area contributed by atoms with Crippen LogP contribution in [0.15, 0.2) is 23.2 Å². The molecule has 4 atom stereocenters. The lowest BCUT2D eigenvalue weighted by Crippen LogP contribution is -2.55. The Labute approximate surface area is 138 Å². The molecule has 0 aliphatic carbocycles. The van der Waals surface area contributed by atoms with Crippen LogP contribution in [-0.4, -0.2) is 35.9 Å². The lowest BCUT2D eigenvalue weighted by atomic mass is 9.75. The van der Waals surface area contributed by atoms with Gasteiger partial charge in [0.05, 0.1) is 23.6 Å². The van der Waals surface area contributed by atoms with Crippen LogP contribution in [0.25, 0.3) is 0 Å². The highest BCUT2D eigenvalue weighted by molar-refractivity contribution is 5.73. The first-order valence-electron chi connectivity index (χ1n) is 7.21. The summed E-state index contributed by atoms with van der Waals surface area (Å²) in [6.45, 7) is 0.931. The van der Waals surface area contributed by atoms with Crippen LogP contribution in [0, 0.1) is 21.8 Å². The molecule has 0 bridgehead atoms. The normalized spacial score (nSPS) is 31.9. The summed E-state index contributed by atoms with van der Waals surface area (Å²) in [4.78, 5) is 13.5. The maximum absolute atomic E-state index is 14.4. The van der Waals surface area contributed by atoms with E-state index >= 15 is 0 Å². The van der Waals surface area contributed by atoms with E-state index in [0.717, 1.165) is 18.2 Å². The van der Waals surface area contributed by atoms with Crippen molar-refractivity contribution in [3.63, 3.8) is 0 Å². The summed E-state index contributed by atoms with van der Waals surface area (Å²) in [5, 5.41) is 11.0. The van der Waals surface area contributed by atoms with Gasteiger partial charge in [0.2, 0.25) is 0 Å². The first-order valence-corrected chi connectivity index (χ1v) is 7.21. The molecule has 0 radical (unpaired) electrons. The van der Waals surface area contributed by atoms with E-state index in [-0.39, 0.29) is 0 Å². The number of amidine groups is 1. The quantitative estimate of drug-likeness (QED) is 0.493. The third-order valence-corrected chi connectivity index (χ3v) is 4.45. The number of rotatable bonds is 2. The van der Waals surface area contributed by atoms with Gasteiger partial charge in [-0.2, -0.15) is 13.2 Å². The molecule has 0 aromatic heterocycles. The fourth-order valence-electron chi connectivity index (χ4n) is 3.41. The predicted molar refractivity (Wildman–Crippen MR) is 76.2 cm³/mol. The molecule has 0 spiro atoms. The minimum absolute atomic E-state index is 0.414. The number of hydrogen-bond donors (Lipinski definition) is 1. The summed E-state index contributed by atoms with van der Waals surface area (Å²) >= 11 is 0. The minimum Gasteiger partial charge on any atom is -0.451 e. The fraction of sp³-hybridized carbons (Fsp3) is 0.500. The molecule has 1 aromatic carbocycles. The van der Waals surface area contributed by atoms with Crippen molar-refractivity contribution in [3.8, 4) is 0 Å². The maximum atomic E-state index is 14.4. The minimum atomic E-state index is -4.77. The number of nitrogens with two attached hydrogens (primary N) is 1. The smallest absolute Gasteiger partial charge is 0.411 e. The second-order valence-electron chi connectivity index (χ2n) is 5.91. The number of nitro benzene ring substituents is 1. The van der Waals surface area contributed by atoms with Gasteiger partial charge in [-0.1, -0.05) is 0 Å². The molecule has 1 fully saturated rings. The lowest BCUT2D eigenvalue weighted by molar-refractivity contribution is -0.385. The van der Waals surface area contributed by atoms with Crippen LogP contribution in [0.1, 0.15) is 12.5 Å². The standard InChI is InChI=1S/C14H13F4N3O4/c1-6-10-11(14(16,17)18)20-12(19)25-13(10,5-24-6)8-4-7(21(22)23)2-3-9(8)15/h2-4,6,10-11H,5H2,1H3,(H2,19,20)/t6-,10-,11+,13-/m1/s1. The number of hydrogen-bond acceptors (Lipinski definition) is 6. The monoisotopic (exact) mass is 363 g/mol. The van der Waals surface area contributed by atoms with Crippen LogP contribution in [0.5, 0.6) is 0 Å². The zero-order valence-corrected chi connectivity index (χ0v) is 12.8. The Morgan fingerprint density at radius 1 is 1.44 bits per heavy atom. The zero-order chi connectivity index (χ0) is 18.6. The summed E-state index contributed by atoms with van der Waals surface area (Å²) in [5.74, 6) is -2.40. The van der Waals surface area contributed by atoms with Gasteiger partial charge in [-0.3, -0.25) is 10.1 Å². The van der Waals surface area contributed by atoms with Crippen molar-refractivity contribution in [2.45, 2.75) is 30.8 Å². The van der Waals surface area contributed by atoms with Crippen molar-refractivity contribution in [1.82, 2.24) is 0 Å². The van der Waals surface area contributed by atoms with Crippen molar-refractivity contribution in [2.24, 2.45) is 16.6 Å². The number of benzene rings is 1. The highest BCUT2D eigenvalue weighted by atomic mass is 19.4. The first-order chi connectivity index (χ1) is 11.6. The molecule has 1 saturated heterocycles. The molecule has 0 amide bonds. The number of aliphatic imine (C=N–C) groups is 1.